The largest absolute Gasteiger partial charge is 0.284 e. The Kier molecular flexibility index (Phi) is 3.44. The Labute approximate surface area is 106 Å². The van der Waals surface area contributed by atoms with Gasteiger partial charge in [-0.25, -0.2) is 8.42 Å². The monoisotopic (exact) mass is 266 g/mol. The van der Waals surface area contributed by atoms with E-state index in [2.05, 4.69) is 15.2 Å². The molecule has 2 aromatic heterocycles. The maximum Gasteiger partial charge on any atom is 0.246 e. The van der Waals surface area contributed by atoms with Gasteiger partial charge in [0.15, 0.2) is 0 Å². The number of nitrogens with zero attached hydrogens (tertiary/aromatic N) is 3. The van der Waals surface area contributed by atoms with E-state index in [1.54, 1.807) is 6.07 Å². The highest BCUT2D eigenvalue weighted by Gasteiger charge is 2.22. The molecular formula is C11H14N4O2S. The summed E-state index contributed by atoms with van der Waals surface area (Å²) in [7, 11) is -1.99. The number of aromatic nitrogens is 3. The van der Waals surface area contributed by atoms with Crippen LogP contribution in [0.5, 0.6) is 0 Å². The number of aryl methyl sites for hydroxylation is 1. The summed E-state index contributed by atoms with van der Waals surface area (Å²) in [5.41, 5.74) is 1.58. The number of rotatable bonds is 4. The molecule has 0 saturated heterocycles. The first kappa shape index (κ1) is 12.7. The molecule has 0 amide bonds. The Morgan fingerprint density at radius 2 is 2.17 bits per heavy atom. The molecule has 0 aromatic carbocycles. The molecule has 0 aliphatic carbocycles. The van der Waals surface area contributed by atoms with Crippen molar-refractivity contribution in [2.45, 2.75) is 18.4 Å². The fourth-order valence-electron chi connectivity index (χ4n) is 1.56. The lowest BCUT2D eigenvalue weighted by Gasteiger charge is -2.15. The second kappa shape index (κ2) is 4.87. The van der Waals surface area contributed by atoms with Crippen LogP contribution in [-0.4, -0.2) is 35.0 Å². The lowest BCUT2D eigenvalue weighted by atomic mass is 10.3. The predicted molar refractivity (Wildman–Crippen MR) is 66.2 cm³/mol. The molecule has 1 N–H and O–H groups in total. The van der Waals surface area contributed by atoms with Gasteiger partial charge in [0.1, 0.15) is 4.90 Å². The van der Waals surface area contributed by atoms with Crippen LogP contribution in [0.2, 0.25) is 0 Å². The highest BCUT2D eigenvalue weighted by atomic mass is 32.2. The zero-order valence-electron chi connectivity index (χ0n) is 10.2. The fraction of sp³-hybridized carbons (Fsp3) is 0.273. The number of hydrogen-bond donors (Lipinski definition) is 1. The molecule has 6 nitrogen and oxygen atoms in total. The summed E-state index contributed by atoms with van der Waals surface area (Å²) in [6.07, 6.45) is 2.64. The highest BCUT2D eigenvalue weighted by molar-refractivity contribution is 7.89. The van der Waals surface area contributed by atoms with Crippen molar-refractivity contribution in [2.24, 2.45) is 0 Å². The third-order valence-electron chi connectivity index (χ3n) is 2.51. The molecule has 0 atom stereocenters. The van der Waals surface area contributed by atoms with E-state index in [0.717, 1.165) is 5.69 Å². The maximum absolute atomic E-state index is 12.1. The summed E-state index contributed by atoms with van der Waals surface area (Å²) in [6, 6.07) is 5.53. The molecule has 0 aliphatic heterocycles. The van der Waals surface area contributed by atoms with Gasteiger partial charge < -0.3 is 0 Å². The predicted octanol–water partition coefficient (Wildman–Crippen LogP) is 0.934. The van der Waals surface area contributed by atoms with Crippen molar-refractivity contribution < 1.29 is 8.42 Å². The van der Waals surface area contributed by atoms with Crippen LogP contribution in [0.3, 0.4) is 0 Å². The first-order valence-corrected chi connectivity index (χ1v) is 6.82. The summed E-state index contributed by atoms with van der Waals surface area (Å²) < 4.78 is 25.5. The van der Waals surface area contributed by atoms with Crippen LogP contribution in [0.4, 0.5) is 0 Å². The third-order valence-corrected chi connectivity index (χ3v) is 4.28. The fourth-order valence-corrected chi connectivity index (χ4v) is 2.61. The molecule has 0 unspecified atom stereocenters. The normalized spacial score (nSPS) is 11.9. The van der Waals surface area contributed by atoms with E-state index in [9.17, 15) is 8.42 Å². The summed E-state index contributed by atoms with van der Waals surface area (Å²) >= 11 is 0. The van der Waals surface area contributed by atoms with Gasteiger partial charge in [0, 0.05) is 18.9 Å². The standard InChI is InChI=1S/C11H14N4O2S/c1-9-4-3-5-10(14-9)8-15(2)18(16,17)11-6-12-13-7-11/h3-7H,8H2,1-2H3,(H,12,13). The number of hydrogen-bond acceptors (Lipinski definition) is 4. The quantitative estimate of drug-likeness (QED) is 0.893. The minimum Gasteiger partial charge on any atom is -0.284 e. The van der Waals surface area contributed by atoms with Gasteiger partial charge in [-0.15, -0.1) is 0 Å². The summed E-state index contributed by atoms with van der Waals surface area (Å²) in [4.78, 5) is 4.43. The SMILES string of the molecule is Cc1cccc(CN(C)S(=O)(=O)c2cn[nH]c2)n1. The van der Waals surface area contributed by atoms with Crippen LogP contribution in [-0.2, 0) is 16.6 Å². The van der Waals surface area contributed by atoms with Gasteiger partial charge in [-0.2, -0.15) is 9.40 Å². The van der Waals surface area contributed by atoms with Crippen molar-refractivity contribution in [2.75, 3.05) is 7.05 Å². The zero-order chi connectivity index (χ0) is 13.2. The summed E-state index contributed by atoms with van der Waals surface area (Å²) in [5.74, 6) is 0. The first-order chi connectivity index (χ1) is 8.50. The van der Waals surface area contributed by atoms with Crippen molar-refractivity contribution >= 4 is 10.0 Å². The molecule has 2 rings (SSSR count). The third kappa shape index (κ3) is 2.57. The molecule has 7 heteroatoms. The molecule has 18 heavy (non-hydrogen) atoms. The maximum atomic E-state index is 12.1. The lowest BCUT2D eigenvalue weighted by molar-refractivity contribution is 0.462. The lowest BCUT2D eigenvalue weighted by Crippen LogP contribution is -2.26. The molecule has 0 spiro atoms. The van der Waals surface area contributed by atoms with Crippen LogP contribution >= 0.6 is 0 Å². The van der Waals surface area contributed by atoms with Crippen molar-refractivity contribution in [1.29, 1.82) is 0 Å². The molecule has 96 valence electrons. The Morgan fingerprint density at radius 3 is 2.78 bits per heavy atom. The molecule has 0 bridgehead atoms. The van der Waals surface area contributed by atoms with Gasteiger partial charge in [-0.1, -0.05) is 6.07 Å². The average molecular weight is 266 g/mol. The molecule has 0 fully saturated rings. The van der Waals surface area contributed by atoms with Crippen molar-refractivity contribution in [3.63, 3.8) is 0 Å². The molecule has 2 heterocycles. The Bertz CT molecular complexity index is 622. The van der Waals surface area contributed by atoms with E-state index in [4.69, 9.17) is 0 Å². The Morgan fingerprint density at radius 1 is 1.39 bits per heavy atom. The van der Waals surface area contributed by atoms with Gasteiger partial charge in [0.25, 0.3) is 0 Å². The van der Waals surface area contributed by atoms with Crippen LogP contribution in [0.15, 0.2) is 35.5 Å². The van der Waals surface area contributed by atoms with Gasteiger partial charge in [-0.05, 0) is 19.1 Å². The summed E-state index contributed by atoms with van der Waals surface area (Å²) in [6.45, 7) is 2.10. The Hall–Kier alpha value is -1.73. The highest BCUT2D eigenvalue weighted by Crippen LogP contribution is 2.14. The average Bonchev–Trinajstić information content (AvgIpc) is 2.82. The van der Waals surface area contributed by atoms with E-state index in [0.29, 0.717) is 5.69 Å². The smallest absolute Gasteiger partial charge is 0.246 e. The minimum atomic E-state index is -3.51. The van der Waals surface area contributed by atoms with Crippen LogP contribution in [0.25, 0.3) is 0 Å². The van der Waals surface area contributed by atoms with E-state index in [1.807, 2.05) is 19.1 Å². The minimum absolute atomic E-state index is 0.151. The van der Waals surface area contributed by atoms with Crippen LogP contribution in [0, 0.1) is 6.92 Å². The number of sulfonamides is 1. The van der Waals surface area contributed by atoms with Crippen molar-refractivity contribution in [3.05, 3.63) is 42.0 Å². The number of aromatic amines is 1. The van der Waals surface area contributed by atoms with E-state index in [-0.39, 0.29) is 11.4 Å². The van der Waals surface area contributed by atoms with E-state index < -0.39 is 10.0 Å². The van der Waals surface area contributed by atoms with Crippen LogP contribution < -0.4 is 0 Å². The van der Waals surface area contributed by atoms with E-state index >= 15 is 0 Å². The Balaban J connectivity index is 2.20. The second-order valence-electron chi connectivity index (χ2n) is 3.97. The van der Waals surface area contributed by atoms with Gasteiger partial charge in [0.2, 0.25) is 10.0 Å². The van der Waals surface area contributed by atoms with Gasteiger partial charge in [0.05, 0.1) is 18.4 Å². The molecule has 2 aromatic rings. The molecule has 0 saturated carbocycles. The number of pyridine rings is 1. The number of nitrogens with one attached hydrogen (secondary N) is 1. The van der Waals surface area contributed by atoms with Crippen LogP contribution in [0.1, 0.15) is 11.4 Å². The molecule has 0 radical (unpaired) electrons. The van der Waals surface area contributed by atoms with E-state index in [1.165, 1.54) is 23.7 Å². The molecular weight excluding hydrogens is 252 g/mol. The zero-order valence-corrected chi connectivity index (χ0v) is 11.0. The van der Waals surface area contributed by atoms with Gasteiger partial charge >= 0.3 is 0 Å². The first-order valence-electron chi connectivity index (χ1n) is 5.38. The topological polar surface area (TPSA) is 79.0 Å². The molecule has 0 aliphatic rings. The second-order valence-corrected chi connectivity index (χ2v) is 6.01. The van der Waals surface area contributed by atoms with Crippen molar-refractivity contribution in [1.82, 2.24) is 19.5 Å². The summed E-state index contributed by atoms with van der Waals surface area (Å²) in [5, 5.41) is 6.14. The van der Waals surface area contributed by atoms with Gasteiger partial charge in [-0.3, -0.25) is 10.1 Å². The van der Waals surface area contributed by atoms with Crippen molar-refractivity contribution in [3.8, 4) is 0 Å². The number of H-pyrrole nitrogens is 1.